The smallest absolute Gasteiger partial charge is 0.257 e. The van der Waals surface area contributed by atoms with Crippen molar-refractivity contribution in [2.45, 2.75) is 58.6 Å². The van der Waals surface area contributed by atoms with Gasteiger partial charge in [-0.2, -0.15) is 0 Å². The zero-order chi connectivity index (χ0) is 18.0. The van der Waals surface area contributed by atoms with Crippen molar-refractivity contribution in [2.75, 3.05) is 0 Å². The van der Waals surface area contributed by atoms with Crippen molar-refractivity contribution in [3.63, 3.8) is 0 Å². The minimum absolute atomic E-state index is 0.0164. The molecule has 0 amide bonds. The Morgan fingerprint density at radius 2 is 1.92 bits per heavy atom. The van der Waals surface area contributed by atoms with E-state index in [1.807, 2.05) is 23.6 Å². The lowest BCUT2D eigenvalue weighted by Crippen LogP contribution is -2.30. The zero-order valence-electron chi connectivity index (χ0n) is 14.8. The molecule has 1 heterocycles. The summed E-state index contributed by atoms with van der Waals surface area (Å²) in [5.41, 5.74) is 2.01. The van der Waals surface area contributed by atoms with Crippen LogP contribution in [0.3, 0.4) is 0 Å². The van der Waals surface area contributed by atoms with Crippen LogP contribution in [0, 0.1) is 19.7 Å². The van der Waals surface area contributed by atoms with E-state index in [0.717, 1.165) is 23.8 Å². The largest absolute Gasteiger partial charge is 0.488 e. The molecule has 1 saturated carbocycles. The molecule has 0 saturated heterocycles. The van der Waals surface area contributed by atoms with E-state index >= 15 is 0 Å². The lowest BCUT2D eigenvalue weighted by Gasteiger charge is -2.27. The fourth-order valence-corrected chi connectivity index (χ4v) is 3.84. The Bertz CT molecular complexity index is 825. The molecule has 134 valence electrons. The average molecular weight is 361 g/mol. The molecular formula is C20H25FNO2P. The molecule has 3 nitrogen and oxygen atoms in total. The number of aromatic nitrogens is 1. The lowest BCUT2D eigenvalue weighted by molar-refractivity contribution is 0.292. The van der Waals surface area contributed by atoms with Gasteiger partial charge in [-0.3, -0.25) is 4.79 Å². The van der Waals surface area contributed by atoms with E-state index in [2.05, 4.69) is 9.24 Å². The van der Waals surface area contributed by atoms with Crippen LogP contribution < -0.4 is 15.6 Å². The molecule has 1 unspecified atom stereocenters. The van der Waals surface area contributed by atoms with Gasteiger partial charge in [0.2, 0.25) is 0 Å². The number of halogens is 1. The normalized spacial score (nSPS) is 15.4. The molecule has 1 aromatic heterocycles. The van der Waals surface area contributed by atoms with Crippen LogP contribution in [0.1, 0.15) is 55.0 Å². The molecule has 0 bridgehead atoms. The summed E-state index contributed by atoms with van der Waals surface area (Å²) in [5, 5.41) is 0.795. The Morgan fingerprint density at radius 3 is 2.60 bits per heavy atom. The summed E-state index contributed by atoms with van der Waals surface area (Å²) in [6.45, 7) is 3.86. The molecule has 0 aliphatic heterocycles. The second-order valence-corrected chi connectivity index (χ2v) is 7.55. The minimum atomic E-state index is -0.294. The minimum Gasteiger partial charge on any atom is -0.488 e. The number of hydrogen-bond acceptors (Lipinski definition) is 2. The quantitative estimate of drug-likeness (QED) is 0.765. The Labute approximate surface area is 150 Å². The lowest BCUT2D eigenvalue weighted by atomic mass is 9.94. The molecule has 0 N–H and O–H groups in total. The first-order valence-electron chi connectivity index (χ1n) is 8.87. The summed E-state index contributed by atoms with van der Waals surface area (Å²) >= 11 is 0. The van der Waals surface area contributed by atoms with Gasteiger partial charge in [0.1, 0.15) is 18.2 Å². The van der Waals surface area contributed by atoms with Crippen LogP contribution in [-0.2, 0) is 6.61 Å². The Morgan fingerprint density at radius 1 is 1.20 bits per heavy atom. The van der Waals surface area contributed by atoms with Gasteiger partial charge in [-0.15, -0.1) is 9.24 Å². The molecule has 0 spiro atoms. The van der Waals surface area contributed by atoms with Crippen LogP contribution in [0.25, 0.3) is 0 Å². The standard InChI is InChI=1S/C20H25FNO2P/c1-13-10-19(24-12-15-8-9-17(25)11-18(15)21)14(2)20(23)22(13)16-6-4-3-5-7-16/h8-11,16H,3-7,12,25H2,1-2H3. The van der Waals surface area contributed by atoms with E-state index in [1.54, 1.807) is 13.0 Å². The first kappa shape index (κ1) is 18.1. The van der Waals surface area contributed by atoms with Crippen LogP contribution in [0.4, 0.5) is 4.39 Å². The van der Waals surface area contributed by atoms with Crippen molar-refractivity contribution in [2.24, 2.45) is 0 Å². The number of nitrogens with zero attached hydrogens (tertiary/aromatic N) is 1. The molecule has 1 aliphatic rings. The van der Waals surface area contributed by atoms with Gasteiger partial charge < -0.3 is 9.30 Å². The van der Waals surface area contributed by atoms with Crippen LogP contribution in [-0.4, -0.2) is 4.57 Å². The topological polar surface area (TPSA) is 31.2 Å². The van der Waals surface area contributed by atoms with Crippen molar-refractivity contribution < 1.29 is 9.13 Å². The number of hydrogen-bond donors (Lipinski definition) is 0. The van der Waals surface area contributed by atoms with Crippen molar-refractivity contribution in [1.82, 2.24) is 4.57 Å². The maximum absolute atomic E-state index is 14.0. The van der Waals surface area contributed by atoms with Crippen molar-refractivity contribution in [1.29, 1.82) is 0 Å². The van der Waals surface area contributed by atoms with Crippen molar-refractivity contribution in [3.05, 3.63) is 57.3 Å². The first-order chi connectivity index (χ1) is 12.0. The fourth-order valence-electron chi connectivity index (χ4n) is 3.59. The molecule has 1 aromatic carbocycles. The van der Waals surface area contributed by atoms with Gasteiger partial charge in [-0.1, -0.05) is 31.4 Å². The molecule has 0 radical (unpaired) electrons. The van der Waals surface area contributed by atoms with Gasteiger partial charge >= 0.3 is 0 Å². The highest BCUT2D eigenvalue weighted by Crippen LogP contribution is 2.29. The van der Waals surface area contributed by atoms with E-state index in [-0.39, 0.29) is 18.0 Å². The molecule has 1 aliphatic carbocycles. The average Bonchev–Trinajstić information content (AvgIpc) is 2.59. The summed E-state index contributed by atoms with van der Waals surface area (Å²) in [7, 11) is 2.47. The molecule has 1 atom stereocenters. The van der Waals surface area contributed by atoms with Crippen LogP contribution in [0.2, 0.25) is 0 Å². The summed E-state index contributed by atoms with van der Waals surface area (Å²) in [4.78, 5) is 12.8. The number of benzene rings is 1. The van der Waals surface area contributed by atoms with Gasteiger partial charge in [0, 0.05) is 17.3 Å². The maximum atomic E-state index is 14.0. The number of aryl methyl sites for hydroxylation is 1. The Kier molecular flexibility index (Phi) is 5.58. The van der Waals surface area contributed by atoms with Gasteiger partial charge in [0.05, 0.1) is 5.56 Å². The van der Waals surface area contributed by atoms with E-state index in [4.69, 9.17) is 4.74 Å². The van der Waals surface area contributed by atoms with E-state index in [0.29, 0.717) is 22.9 Å². The van der Waals surface area contributed by atoms with E-state index < -0.39 is 0 Å². The summed E-state index contributed by atoms with van der Waals surface area (Å²) in [5.74, 6) is 0.251. The first-order valence-corrected chi connectivity index (χ1v) is 9.44. The highest BCUT2D eigenvalue weighted by atomic mass is 31.0. The molecule has 25 heavy (non-hydrogen) atoms. The van der Waals surface area contributed by atoms with E-state index in [1.165, 1.54) is 25.3 Å². The predicted molar refractivity (Wildman–Crippen MR) is 102 cm³/mol. The summed E-state index contributed by atoms with van der Waals surface area (Å²) < 4.78 is 21.7. The van der Waals surface area contributed by atoms with Crippen molar-refractivity contribution >= 4 is 14.5 Å². The Balaban J connectivity index is 1.84. The molecule has 5 heteroatoms. The summed E-state index contributed by atoms with van der Waals surface area (Å²) in [6.07, 6.45) is 5.74. The van der Waals surface area contributed by atoms with Crippen LogP contribution in [0.15, 0.2) is 29.1 Å². The fraction of sp³-hybridized carbons (Fsp3) is 0.450. The maximum Gasteiger partial charge on any atom is 0.257 e. The van der Waals surface area contributed by atoms with Gasteiger partial charge in [-0.05, 0) is 44.1 Å². The van der Waals surface area contributed by atoms with Gasteiger partial charge in [-0.25, -0.2) is 4.39 Å². The SMILES string of the molecule is Cc1c(OCc2ccc(P)cc2F)cc(C)n(C2CCCCC2)c1=O. The van der Waals surface area contributed by atoms with Gasteiger partial charge in [0.15, 0.2) is 0 Å². The third-order valence-electron chi connectivity index (χ3n) is 5.03. The van der Waals surface area contributed by atoms with Crippen LogP contribution in [0.5, 0.6) is 5.75 Å². The van der Waals surface area contributed by atoms with Crippen molar-refractivity contribution in [3.8, 4) is 5.75 Å². The molecule has 1 fully saturated rings. The third-order valence-corrected chi connectivity index (χ3v) is 5.39. The molecule has 3 rings (SSSR count). The highest BCUT2D eigenvalue weighted by Gasteiger charge is 2.20. The van der Waals surface area contributed by atoms with Gasteiger partial charge in [0.25, 0.3) is 5.56 Å². The van der Waals surface area contributed by atoms with Crippen LogP contribution >= 0.6 is 9.24 Å². The Hall–Kier alpha value is -1.67. The second-order valence-electron chi connectivity index (χ2n) is 6.88. The summed E-state index contributed by atoms with van der Waals surface area (Å²) in [6, 6.07) is 7.20. The number of pyridine rings is 1. The number of ether oxygens (including phenoxy) is 1. The molecule has 2 aromatic rings. The highest BCUT2D eigenvalue weighted by molar-refractivity contribution is 7.27. The van der Waals surface area contributed by atoms with E-state index in [9.17, 15) is 9.18 Å². The second kappa shape index (κ2) is 7.70. The monoisotopic (exact) mass is 361 g/mol. The predicted octanol–water partition coefficient (Wildman–Crippen LogP) is 4.19. The zero-order valence-corrected chi connectivity index (χ0v) is 16.0. The number of rotatable bonds is 4. The molecular weight excluding hydrogens is 336 g/mol. The third kappa shape index (κ3) is 3.95.